The van der Waals surface area contributed by atoms with Crippen molar-refractivity contribution in [2.45, 2.75) is 12.2 Å². The maximum atomic E-state index is 12.6. The van der Waals surface area contributed by atoms with Crippen LogP contribution in [0.5, 0.6) is 5.75 Å². The topological polar surface area (TPSA) is 67.4 Å². The van der Waals surface area contributed by atoms with Crippen molar-refractivity contribution in [2.24, 2.45) is 0 Å². The van der Waals surface area contributed by atoms with Crippen molar-refractivity contribution in [1.82, 2.24) is 10.6 Å². The van der Waals surface area contributed by atoms with Crippen LogP contribution in [0.15, 0.2) is 36.0 Å². The lowest BCUT2D eigenvalue weighted by Crippen LogP contribution is -2.44. The van der Waals surface area contributed by atoms with Gasteiger partial charge in [-0.2, -0.15) is 13.2 Å². The van der Waals surface area contributed by atoms with Crippen LogP contribution in [0.1, 0.15) is 11.6 Å². The molecule has 1 aromatic rings. The first kappa shape index (κ1) is 14.9. The van der Waals surface area contributed by atoms with Crippen LogP contribution in [0, 0.1) is 0 Å². The molecule has 1 atom stereocenters. The van der Waals surface area contributed by atoms with Gasteiger partial charge in [0, 0.05) is 11.8 Å². The Hall–Kier alpha value is -2.51. The van der Waals surface area contributed by atoms with E-state index in [9.17, 15) is 22.8 Å². The Kier molecular flexibility index (Phi) is 3.88. The molecular formula is C13H11F3N2O3. The first-order valence-electron chi connectivity index (χ1n) is 5.85. The minimum Gasteiger partial charge on any atom is -0.497 e. The van der Waals surface area contributed by atoms with Crippen LogP contribution >= 0.6 is 0 Å². The molecule has 1 aliphatic heterocycles. The molecular weight excluding hydrogens is 289 g/mol. The molecule has 112 valence electrons. The van der Waals surface area contributed by atoms with Crippen LogP contribution in [0.25, 0.3) is 0 Å². The van der Waals surface area contributed by atoms with E-state index in [-0.39, 0.29) is 0 Å². The van der Waals surface area contributed by atoms with E-state index in [0.717, 1.165) is 6.20 Å². The van der Waals surface area contributed by atoms with Crippen molar-refractivity contribution in [1.29, 1.82) is 0 Å². The van der Waals surface area contributed by atoms with Gasteiger partial charge in [0.1, 0.15) is 5.75 Å². The molecule has 0 unspecified atom stereocenters. The molecule has 5 nitrogen and oxygen atoms in total. The number of Topliss-reactive ketones (excluding diaryl/α,β-unsaturated/α-hetero) is 1. The van der Waals surface area contributed by atoms with E-state index in [1.807, 2.05) is 5.32 Å². The number of ketones is 1. The maximum Gasteiger partial charge on any atom is 0.454 e. The second kappa shape index (κ2) is 5.47. The maximum absolute atomic E-state index is 12.6. The summed E-state index contributed by atoms with van der Waals surface area (Å²) < 4.78 is 42.7. The zero-order valence-electron chi connectivity index (χ0n) is 10.8. The number of halogens is 3. The Labute approximate surface area is 117 Å². The number of nitrogens with one attached hydrogen (secondary N) is 2. The number of alkyl halides is 3. The zero-order valence-corrected chi connectivity index (χ0v) is 10.8. The van der Waals surface area contributed by atoms with Crippen LogP contribution in [-0.2, 0) is 4.79 Å². The lowest BCUT2D eigenvalue weighted by molar-refractivity contribution is -0.167. The molecule has 2 rings (SSSR count). The van der Waals surface area contributed by atoms with Crippen LogP contribution in [0.4, 0.5) is 18.0 Å². The van der Waals surface area contributed by atoms with E-state index in [2.05, 4.69) is 5.32 Å². The monoisotopic (exact) mass is 300 g/mol. The van der Waals surface area contributed by atoms with Gasteiger partial charge in [-0.15, -0.1) is 0 Å². The average molecular weight is 300 g/mol. The fourth-order valence-corrected chi connectivity index (χ4v) is 1.90. The molecule has 21 heavy (non-hydrogen) atoms. The Morgan fingerprint density at radius 3 is 2.38 bits per heavy atom. The fourth-order valence-electron chi connectivity index (χ4n) is 1.90. The number of urea groups is 1. The van der Waals surface area contributed by atoms with Gasteiger partial charge >= 0.3 is 12.2 Å². The fraction of sp³-hybridized carbons (Fsp3) is 0.231. The van der Waals surface area contributed by atoms with Crippen LogP contribution in [0.3, 0.4) is 0 Å². The second-order valence-electron chi connectivity index (χ2n) is 4.25. The number of hydrogen-bond donors (Lipinski definition) is 2. The lowest BCUT2D eigenvalue weighted by atomic mass is 9.95. The summed E-state index contributed by atoms with van der Waals surface area (Å²) in [6, 6.07) is 4.16. The number of methoxy groups -OCH3 is 1. The van der Waals surface area contributed by atoms with Crippen molar-refractivity contribution in [2.75, 3.05) is 7.11 Å². The molecule has 0 aliphatic carbocycles. The molecule has 0 aromatic heterocycles. The minimum atomic E-state index is -5.01. The lowest BCUT2D eigenvalue weighted by Gasteiger charge is -2.26. The standard InChI is InChI=1S/C13H11F3N2O3/c1-21-8-4-2-7(3-5-8)10-9(6-17-12(20)18-10)11(19)13(14,15)16/h2-6,10H,1H3,(H2,17,18,20)/t10-/m0/s1. The molecule has 0 bridgehead atoms. The Morgan fingerprint density at radius 1 is 1.24 bits per heavy atom. The van der Waals surface area contributed by atoms with Crippen molar-refractivity contribution in [3.05, 3.63) is 41.6 Å². The third kappa shape index (κ3) is 3.15. The second-order valence-corrected chi connectivity index (χ2v) is 4.25. The van der Waals surface area contributed by atoms with E-state index in [0.29, 0.717) is 11.3 Å². The number of carbonyl (C=O) groups excluding carboxylic acids is 2. The Morgan fingerprint density at radius 2 is 1.86 bits per heavy atom. The smallest absolute Gasteiger partial charge is 0.454 e. The number of amides is 2. The normalized spacial score (nSPS) is 18.4. The quantitative estimate of drug-likeness (QED) is 0.898. The molecule has 0 fully saturated rings. The van der Waals surface area contributed by atoms with Gasteiger partial charge in [0.2, 0.25) is 0 Å². The number of ether oxygens (including phenoxy) is 1. The van der Waals surface area contributed by atoms with Crippen molar-refractivity contribution in [3.8, 4) is 5.75 Å². The summed E-state index contributed by atoms with van der Waals surface area (Å²) >= 11 is 0. The van der Waals surface area contributed by atoms with Gasteiger partial charge in [-0.1, -0.05) is 12.1 Å². The van der Waals surface area contributed by atoms with Gasteiger partial charge in [0.05, 0.1) is 13.2 Å². The summed E-state index contributed by atoms with van der Waals surface area (Å²) in [5.41, 5.74) is -0.234. The molecule has 1 aromatic carbocycles. The number of carbonyl (C=O) groups is 2. The Balaban J connectivity index is 2.37. The molecule has 2 N–H and O–H groups in total. The first-order chi connectivity index (χ1) is 9.82. The van der Waals surface area contributed by atoms with E-state index in [1.165, 1.54) is 31.4 Å². The first-order valence-corrected chi connectivity index (χ1v) is 5.85. The van der Waals surface area contributed by atoms with Gasteiger partial charge in [0.25, 0.3) is 5.78 Å². The van der Waals surface area contributed by atoms with Crippen molar-refractivity contribution in [3.63, 3.8) is 0 Å². The third-order valence-corrected chi connectivity index (χ3v) is 2.91. The summed E-state index contributed by atoms with van der Waals surface area (Å²) in [4.78, 5) is 22.7. The molecule has 1 heterocycles. The van der Waals surface area contributed by atoms with Gasteiger partial charge in [-0.05, 0) is 17.7 Å². The average Bonchev–Trinajstić information content (AvgIpc) is 2.45. The summed E-state index contributed by atoms with van der Waals surface area (Å²) in [6.45, 7) is 0. The van der Waals surface area contributed by atoms with Crippen LogP contribution in [-0.4, -0.2) is 25.1 Å². The van der Waals surface area contributed by atoms with Gasteiger partial charge in [-0.3, -0.25) is 4.79 Å². The predicted molar refractivity (Wildman–Crippen MR) is 66.5 cm³/mol. The summed E-state index contributed by atoms with van der Waals surface area (Å²) in [6.07, 6.45) is -4.23. The van der Waals surface area contributed by atoms with E-state index in [1.54, 1.807) is 0 Å². The largest absolute Gasteiger partial charge is 0.497 e. The molecule has 2 amide bonds. The van der Waals surface area contributed by atoms with Crippen LogP contribution < -0.4 is 15.4 Å². The van der Waals surface area contributed by atoms with Crippen molar-refractivity contribution >= 4 is 11.8 Å². The summed E-state index contributed by atoms with van der Waals surface area (Å²) in [5, 5.41) is 4.34. The highest BCUT2D eigenvalue weighted by atomic mass is 19.4. The summed E-state index contributed by atoms with van der Waals surface area (Å²) in [7, 11) is 1.44. The van der Waals surface area contributed by atoms with Crippen LogP contribution in [0.2, 0.25) is 0 Å². The van der Waals surface area contributed by atoms with E-state index in [4.69, 9.17) is 4.74 Å². The minimum absolute atomic E-state index is 0.342. The molecule has 0 saturated heterocycles. The van der Waals surface area contributed by atoms with E-state index >= 15 is 0 Å². The number of benzene rings is 1. The number of rotatable bonds is 3. The number of hydrogen-bond acceptors (Lipinski definition) is 3. The summed E-state index contributed by atoms with van der Waals surface area (Å²) in [5.74, 6) is -1.50. The highest BCUT2D eigenvalue weighted by Crippen LogP contribution is 2.31. The highest BCUT2D eigenvalue weighted by Gasteiger charge is 2.44. The third-order valence-electron chi connectivity index (χ3n) is 2.91. The van der Waals surface area contributed by atoms with Gasteiger partial charge in [-0.25, -0.2) is 4.79 Å². The molecule has 0 spiro atoms. The SMILES string of the molecule is COc1ccc([C@@H]2NC(=O)NC=C2C(=O)C(F)(F)F)cc1. The van der Waals surface area contributed by atoms with E-state index < -0.39 is 29.6 Å². The van der Waals surface area contributed by atoms with Gasteiger partial charge < -0.3 is 15.4 Å². The molecule has 8 heteroatoms. The molecule has 1 aliphatic rings. The van der Waals surface area contributed by atoms with Gasteiger partial charge in [0.15, 0.2) is 0 Å². The Bertz CT molecular complexity index is 594. The van der Waals surface area contributed by atoms with Crippen molar-refractivity contribution < 1.29 is 27.5 Å². The highest BCUT2D eigenvalue weighted by molar-refractivity contribution is 6.02. The zero-order chi connectivity index (χ0) is 15.6. The molecule has 0 radical (unpaired) electrons. The predicted octanol–water partition coefficient (Wildman–Crippen LogP) is 2.06. The molecule has 0 saturated carbocycles.